The van der Waals surface area contributed by atoms with Gasteiger partial charge >= 0.3 is 0 Å². The van der Waals surface area contributed by atoms with E-state index in [2.05, 4.69) is 0 Å². The van der Waals surface area contributed by atoms with Crippen molar-refractivity contribution >= 4 is 0 Å². The highest BCUT2D eigenvalue weighted by atomic mass is 16.7. The van der Waals surface area contributed by atoms with E-state index in [-0.39, 0.29) is 0 Å². The molecule has 1 saturated heterocycles. The molecular weight excluding hydrogens is 392 g/mol. The zero-order chi connectivity index (χ0) is 21.3. The fraction of sp³-hybridized carbons (Fsp3) is 0.308. The summed E-state index contributed by atoms with van der Waals surface area (Å²) in [5.41, 5.74) is 3.14. The van der Waals surface area contributed by atoms with Crippen molar-refractivity contribution in [3.63, 3.8) is 0 Å². The van der Waals surface area contributed by atoms with E-state index in [0.29, 0.717) is 26.4 Å². The van der Waals surface area contributed by atoms with Gasteiger partial charge in [0.15, 0.2) is 6.29 Å². The van der Waals surface area contributed by atoms with Crippen molar-refractivity contribution < 1.29 is 24.1 Å². The molecule has 1 heterocycles. The van der Waals surface area contributed by atoms with Crippen molar-refractivity contribution in [3.05, 3.63) is 108 Å². The number of ether oxygens (including phenoxy) is 4. The Morgan fingerprint density at radius 2 is 1.13 bits per heavy atom. The summed E-state index contributed by atoms with van der Waals surface area (Å²) in [4.78, 5) is 0. The summed E-state index contributed by atoms with van der Waals surface area (Å²) >= 11 is 0. The van der Waals surface area contributed by atoms with Gasteiger partial charge in [0.1, 0.15) is 18.3 Å². The zero-order valence-corrected chi connectivity index (χ0v) is 17.4. The van der Waals surface area contributed by atoms with Crippen LogP contribution in [0, 0.1) is 0 Å². The molecule has 5 nitrogen and oxygen atoms in total. The van der Waals surface area contributed by atoms with Gasteiger partial charge in [0, 0.05) is 0 Å². The molecule has 0 aromatic heterocycles. The lowest BCUT2D eigenvalue weighted by atomic mass is 10.1. The van der Waals surface area contributed by atoms with Gasteiger partial charge in [-0.3, -0.25) is 0 Å². The zero-order valence-electron chi connectivity index (χ0n) is 17.4. The van der Waals surface area contributed by atoms with Crippen molar-refractivity contribution in [3.8, 4) is 0 Å². The summed E-state index contributed by atoms with van der Waals surface area (Å²) in [6.45, 7) is 1.51. The number of hydrogen-bond donors (Lipinski definition) is 1. The average Bonchev–Trinajstić information content (AvgIpc) is 3.12. The highest BCUT2D eigenvalue weighted by Crippen LogP contribution is 2.27. The molecule has 4 atom stereocenters. The number of aliphatic hydroxyl groups excluding tert-OH is 1. The summed E-state index contributed by atoms with van der Waals surface area (Å²) in [6.07, 6.45) is -2.65. The van der Waals surface area contributed by atoms with E-state index in [1.807, 2.05) is 91.0 Å². The Morgan fingerprint density at radius 1 is 0.645 bits per heavy atom. The quantitative estimate of drug-likeness (QED) is 0.535. The molecule has 0 unspecified atom stereocenters. The molecule has 5 heteroatoms. The van der Waals surface area contributed by atoms with E-state index in [9.17, 15) is 5.11 Å². The van der Waals surface area contributed by atoms with Gasteiger partial charge in [-0.15, -0.1) is 0 Å². The Balaban J connectivity index is 1.36. The summed E-state index contributed by atoms with van der Waals surface area (Å²) in [5, 5.41) is 10.9. The van der Waals surface area contributed by atoms with Crippen LogP contribution in [-0.4, -0.2) is 36.3 Å². The topological polar surface area (TPSA) is 57.2 Å². The van der Waals surface area contributed by atoms with Crippen LogP contribution in [0.25, 0.3) is 0 Å². The molecule has 0 aliphatic carbocycles. The lowest BCUT2D eigenvalue weighted by Gasteiger charge is -2.21. The molecule has 3 aromatic carbocycles. The summed E-state index contributed by atoms with van der Waals surface area (Å²) in [5.74, 6) is 0. The predicted molar refractivity (Wildman–Crippen MR) is 117 cm³/mol. The SMILES string of the molecule is O[C@H]1[C@@H](OCc2ccccc2)O[C@H](COCc2ccccc2)[C@H]1OCc1ccccc1. The van der Waals surface area contributed by atoms with E-state index in [1.54, 1.807) is 0 Å². The first-order valence-electron chi connectivity index (χ1n) is 10.6. The van der Waals surface area contributed by atoms with E-state index in [0.717, 1.165) is 16.7 Å². The van der Waals surface area contributed by atoms with Crippen molar-refractivity contribution in [2.45, 2.75) is 44.4 Å². The third kappa shape index (κ3) is 6.23. The lowest BCUT2D eigenvalue weighted by molar-refractivity contribution is -0.178. The first-order valence-corrected chi connectivity index (χ1v) is 10.6. The highest BCUT2D eigenvalue weighted by Gasteiger charge is 2.45. The first-order chi connectivity index (χ1) is 15.3. The van der Waals surface area contributed by atoms with Gasteiger partial charge < -0.3 is 24.1 Å². The number of benzene rings is 3. The highest BCUT2D eigenvalue weighted by molar-refractivity contribution is 5.15. The smallest absolute Gasteiger partial charge is 0.187 e. The molecule has 1 fully saturated rings. The van der Waals surface area contributed by atoms with Crippen LogP contribution in [0.3, 0.4) is 0 Å². The van der Waals surface area contributed by atoms with Gasteiger partial charge in [-0.1, -0.05) is 91.0 Å². The number of rotatable bonds is 10. The Hall–Kier alpha value is -2.54. The molecule has 0 radical (unpaired) electrons. The number of hydrogen-bond acceptors (Lipinski definition) is 5. The molecule has 162 valence electrons. The molecule has 1 N–H and O–H groups in total. The summed E-state index contributed by atoms with van der Waals surface area (Å²) in [7, 11) is 0. The van der Waals surface area contributed by atoms with Crippen LogP contribution in [0.15, 0.2) is 91.0 Å². The van der Waals surface area contributed by atoms with Gasteiger partial charge in [0.25, 0.3) is 0 Å². The maximum absolute atomic E-state index is 10.9. The van der Waals surface area contributed by atoms with Gasteiger partial charge in [0.05, 0.1) is 26.4 Å². The molecule has 31 heavy (non-hydrogen) atoms. The molecular formula is C26H28O5. The second-order valence-corrected chi connectivity index (χ2v) is 7.59. The van der Waals surface area contributed by atoms with Crippen LogP contribution in [0.5, 0.6) is 0 Å². The van der Waals surface area contributed by atoms with Crippen LogP contribution in [-0.2, 0) is 38.8 Å². The van der Waals surface area contributed by atoms with Gasteiger partial charge in [-0.2, -0.15) is 0 Å². The predicted octanol–water partition coefficient (Wildman–Crippen LogP) is 4.09. The minimum Gasteiger partial charge on any atom is -0.385 e. The first kappa shape index (κ1) is 21.7. The van der Waals surface area contributed by atoms with Gasteiger partial charge in [-0.25, -0.2) is 0 Å². The average molecular weight is 421 g/mol. The molecule has 0 saturated carbocycles. The van der Waals surface area contributed by atoms with Crippen molar-refractivity contribution in [1.82, 2.24) is 0 Å². The fourth-order valence-electron chi connectivity index (χ4n) is 3.57. The minimum atomic E-state index is -0.905. The largest absolute Gasteiger partial charge is 0.385 e. The van der Waals surface area contributed by atoms with Crippen molar-refractivity contribution in [2.75, 3.05) is 6.61 Å². The van der Waals surface area contributed by atoms with Crippen molar-refractivity contribution in [1.29, 1.82) is 0 Å². The van der Waals surface area contributed by atoms with E-state index in [4.69, 9.17) is 18.9 Å². The van der Waals surface area contributed by atoms with E-state index >= 15 is 0 Å². The Labute approximate surface area is 183 Å². The maximum Gasteiger partial charge on any atom is 0.187 e. The molecule has 0 amide bonds. The molecule has 1 aliphatic heterocycles. The maximum atomic E-state index is 10.9. The molecule has 3 aromatic rings. The monoisotopic (exact) mass is 420 g/mol. The summed E-state index contributed by atoms with van der Waals surface area (Å²) < 4.78 is 23.8. The Bertz CT molecular complexity index is 887. The van der Waals surface area contributed by atoms with Crippen LogP contribution < -0.4 is 0 Å². The Morgan fingerprint density at radius 3 is 1.68 bits per heavy atom. The third-order valence-electron chi connectivity index (χ3n) is 5.23. The Kier molecular flexibility index (Phi) is 7.82. The standard InChI is InChI=1S/C26H28O5/c27-24-25(29-17-21-12-6-2-7-13-21)23(19-28-16-20-10-4-1-5-11-20)31-26(24)30-18-22-14-8-3-9-15-22/h1-15,23-27H,16-19H2/t23-,24-,25-,26+/m1/s1. The minimum absolute atomic E-state index is 0.302. The fourth-order valence-corrected chi connectivity index (χ4v) is 3.57. The third-order valence-corrected chi connectivity index (χ3v) is 5.23. The molecule has 0 spiro atoms. The van der Waals surface area contributed by atoms with E-state index < -0.39 is 24.6 Å². The lowest BCUT2D eigenvalue weighted by Crippen LogP contribution is -2.37. The van der Waals surface area contributed by atoms with Crippen LogP contribution in [0.2, 0.25) is 0 Å². The second-order valence-electron chi connectivity index (χ2n) is 7.59. The summed E-state index contributed by atoms with van der Waals surface area (Å²) in [6, 6.07) is 29.7. The van der Waals surface area contributed by atoms with Crippen LogP contribution >= 0.6 is 0 Å². The molecule has 4 rings (SSSR count). The van der Waals surface area contributed by atoms with Gasteiger partial charge in [-0.05, 0) is 16.7 Å². The van der Waals surface area contributed by atoms with Crippen molar-refractivity contribution in [2.24, 2.45) is 0 Å². The second kappa shape index (κ2) is 11.2. The molecule has 0 bridgehead atoms. The van der Waals surface area contributed by atoms with Crippen LogP contribution in [0.4, 0.5) is 0 Å². The number of aliphatic hydroxyl groups is 1. The van der Waals surface area contributed by atoms with Crippen LogP contribution in [0.1, 0.15) is 16.7 Å². The van der Waals surface area contributed by atoms with Gasteiger partial charge in [0.2, 0.25) is 0 Å². The molecule has 1 aliphatic rings. The van der Waals surface area contributed by atoms with E-state index in [1.165, 1.54) is 0 Å². The normalized spacial score (nSPS) is 23.1.